The maximum atomic E-state index is 8.90. The molecule has 0 aromatic heterocycles. The van der Waals surface area contributed by atoms with E-state index in [0.29, 0.717) is 24.5 Å². The molecule has 0 fully saturated rings. The smallest absolute Gasteiger partial charge is 0.143 e. The minimum absolute atomic E-state index is 0.583. The highest BCUT2D eigenvalue weighted by atomic mass is 16.5. The van der Waals surface area contributed by atoms with Crippen LogP contribution < -0.4 is 10.1 Å². The molecule has 0 heterocycles. The van der Waals surface area contributed by atoms with Crippen LogP contribution in [0.2, 0.25) is 0 Å². The lowest BCUT2D eigenvalue weighted by Gasteiger charge is -2.12. The first-order chi connectivity index (χ1) is 10.3. The molecule has 0 saturated heterocycles. The van der Waals surface area contributed by atoms with Crippen molar-refractivity contribution in [2.45, 2.75) is 13.2 Å². The summed E-state index contributed by atoms with van der Waals surface area (Å²) in [6.07, 6.45) is 0. The van der Waals surface area contributed by atoms with E-state index in [1.54, 1.807) is 26.4 Å². The number of nitriles is 1. The summed E-state index contributed by atoms with van der Waals surface area (Å²) < 4.78 is 10.4. The summed E-state index contributed by atoms with van der Waals surface area (Å²) in [6, 6.07) is 15.7. The largest absolute Gasteiger partial charge is 0.495 e. The van der Waals surface area contributed by atoms with Crippen LogP contribution in [-0.4, -0.2) is 14.2 Å². The number of ether oxygens (including phenoxy) is 2. The van der Waals surface area contributed by atoms with E-state index in [0.717, 1.165) is 16.8 Å². The summed E-state index contributed by atoms with van der Waals surface area (Å²) in [5.41, 5.74) is 3.76. The van der Waals surface area contributed by atoms with E-state index in [2.05, 4.69) is 23.5 Å². The average Bonchev–Trinajstić information content (AvgIpc) is 2.53. The van der Waals surface area contributed by atoms with Gasteiger partial charge in [0.05, 0.1) is 31.0 Å². The first kappa shape index (κ1) is 14.9. The van der Waals surface area contributed by atoms with Gasteiger partial charge in [-0.3, -0.25) is 0 Å². The van der Waals surface area contributed by atoms with Crippen molar-refractivity contribution >= 4 is 5.69 Å². The van der Waals surface area contributed by atoms with Crippen LogP contribution in [0.3, 0.4) is 0 Å². The molecule has 4 heteroatoms. The van der Waals surface area contributed by atoms with Gasteiger partial charge in [0.15, 0.2) is 0 Å². The molecule has 2 aromatic carbocycles. The second-order valence-electron chi connectivity index (χ2n) is 4.63. The van der Waals surface area contributed by atoms with Crippen molar-refractivity contribution < 1.29 is 9.47 Å². The minimum Gasteiger partial charge on any atom is -0.495 e. The number of hydrogen-bond acceptors (Lipinski definition) is 4. The van der Waals surface area contributed by atoms with E-state index < -0.39 is 0 Å². The molecule has 1 N–H and O–H groups in total. The van der Waals surface area contributed by atoms with Gasteiger partial charge < -0.3 is 14.8 Å². The molecule has 0 aliphatic heterocycles. The minimum atomic E-state index is 0.583. The number of hydrogen-bond donors (Lipinski definition) is 1. The van der Waals surface area contributed by atoms with Crippen LogP contribution in [-0.2, 0) is 17.9 Å². The van der Waals surface area contributed by atoms with E-state index in [-0.39, 0.29) is 0 Å². The average molecular weight is 282 g/mol. The summed E-state index contributed by atoms with van der Waals surface area (Å²) in [5, 5.41) is 12.2. The fourth-order valence-electron chi connectivity index (χ4n) is 2.10. The van der Waals surface area contributed by atoms with Gasteiger partial charge in [0.2, 0.25) is 0 Å². The Balaban J connectivity index is 2.09. The number of benzene rings is 2. The Labute approximate surface area is 124 Å². The van der Waals surface area contributed by atoms with Gasteiger partial charge in [0.25, 0.3) is 0 Å². The number of nitrogens with one attached hydrogen (secondary N) is 1. The summed E-state index contributed by atoms with van der Waals surface area (Å²) in [6.45, 7) is 1.29. The second-order valence-corrected chi connectivity index (χ2v) is 4.63. The zero-order valence-corrected chi connectivity index (χ0v) is 12.2. The van der Waals surface area contributed by atoms with Crippen LogP contribution in [0.25, 0.3) is 0 Å². The van der Waals surface area contributed by atoms with E-state index in [1.165, 1.54) is 0 Å². The summed E-state index contributed by atoms with van der Waals surface area (Å²) in [4.78, 5) is 0. The van der Waals surface area contributed by atoms with Crippen LogP contribution in [0, 0.1) is 11.3 Å². The molecule has 0 unspecified atom stereocenters. The van der Waals surface area contributed by atoms with E-state index in [1.807, 2.05) is 18.2 Å². The number of anilines is 1. The SMILES string of the molecule is COCc1cccc(CNc2ccc(C#N)cc2OC)c1. The van der Waals surface area contributed by atoms with Gasteiger partial charge in [0, 0.05) is 19.7 Å². The fourth-order valence-corrected chi connectivity index (χ4v) is 2.10. The lowest BCUT2D eigenvalue weighted by atomic mass is 10.1. The van der Waals surface area contributed by atoms with Crippen LogP contribution in [0.4, 0.5) is 5.69 Å². The number of rotatable bonds is 6. The van der Waals surface area contributed by atoms with E-state index in [9.17, 15) is 0 Å². The van der Waals surface area contributed by atoms with Crippen LogP contribution in [0.1, 0.15) is 16.7 Å². The highest BCUT2D eigenvalue weighted by Crippen LogP contribution is 2.25. The van der Waals surface area contributed by atoms with E-state index >= 15 is 0 Å². The quantitative estimate of drug-likeness (QED) is 0.883. The maximum Gasteiger partial charge on any atom is 0.143 e. The van der Waals surface area contributed by atoms with Gasteiger partial charge in [-0.05, 0) is 23.3 Å². The van der Waals surface area contributed by atoms with Crippen molar-refractivity contribution in [1.82, 2.24) is 0 Å². The van der Waals surface area contributed by atoms with Crippen molar-refractivity contribution in [2.75, 3.05) is 19.5 Å². The summed E-state index contributed by atoms with van der Waals surface area (Å²) in [5.74, 6) is 0.669. The molecule has 21 heavy (non-hydrogen) atoms. The highest BCUT2D eigenvalue weighted by Gasteiger charge is 2.04. The monoisotopic (exact) mass is 282 g/mol. The molecule has 0 aliphatic rings. The van der Waals surface area contributed by atoms with Crippen LogP contribution in [0.5, 0.6) is 5.75 Å². The summed E-state index contributed by atoms with van der Waals surface area (Å²) in [7, 11) is 3.29. The van der Waals surface area contributed by atoms with E-state index in [4.69, 9.17) is 14.7 Å². The Bertz CT molecular complexity index is 647. The maximum absolute atomic E-state index is 8.90. The standard InChI is InChI=1S/C17H18N2O2/c1-20-12-15-5-3-4-14(8-15)11-19-16-7-6-13(10-18)9-17(16)21-2/h3-9,19H,11-12H2,1-2H3. The second kappa shape index (κ2) is 7.32. The Morgan fingerprint density at radius 1 is 1.10 bits per heavy atom. The lowest BCUT2D eigenvalue weighted by Crippen LogP contribution is -2.02. The van der Waals surface area contributed by atoms with Gasteiger partial charge in [-0.15, -0.1) is 0 Å². The topological polar surface area (TPSA) is 54.3 Å². The molecule has 0 saturated carbocycles. The van der Waals surface area contributed by atoms with Crippen molar-refractivity contribution in [2.24, 2.45) is 0 Å². The molecule has 4 nitrogen and oxygen atoms in total. The Morgan fingerprint density at radius 2 is 1.90 bits per heavy atom. The molecule has 0 atom stereocenters. The van der Waals surface area contributed by atoms with Gasteiger partial charge in [0.1, 0.15) is 5.75 Å². The molecule has 0 spiro atoms. The fraction of sp³-hybridized carbons (Fsp3) is 0.235. The molecule has 2 rings (SSSR count). The van der Waals surface area contributed by atoms with Gasteiger partial charge >= 0.3 is 0 Å². The van der Waals surface area contributed by atoms with Crippen molar-refractivity contribution in [3.8, 4) is 11.8 Å². The Hall–Kier alpha value is -2.51. The molecule has 0 amide bonds. The Kier molecular flexibility index (Phi) is 5.19. The van der Waals surface area contributed by atoms with Crippen molar-refractivity contribution in [3.05, 3.63) is 59.2 Å². The van der Waals surface area contributed by atoms with Gasteiger partial charge in [-0.2, -0.15) is 5.26 Å². The molecule has 2 aromatic rings. The molecule has 0 bridgehead atoms. The zero-order valence-electron chi connectivity index (χ0n) is 12.2. The first-order valence-corrected chi connectivity index (χ1v) is 6.65. The molecule has 0 aliphatic carbocycles. The lowest BCUT2D eigenvalue weighted by molar-refractivity contribution is 0.185. The number of nitrogens with zero attached hydrogens (tertiary/aromatic N) is 1. The van der Waals surface area contributed by atoms with Gasteiger partial charge in [-0.25, -0.2) is 0 Å². The zero-order chi connectivity index (χ0) is 15.1. The third-order valence-electron chi connectivity index (χ3n) is 3.12. The predicted molar refractivity (Wildman–Crippen MR) is 82.2 cm³/mol. The van der Waals surface area contributed by atoms with Crippen molar-refractivity contribution in [3.63, 3.8) is 0 Å². The third-order valence-corrected chi connectivity index (χ3v) is 3.12. The normalized spacial score (nSPS) is 9.95. The van der Waals surface area contributed by atoms with Crippen LogP contribution in [0.15, 0.2) is 42.5 Å². The van der Waals surface area contributed by atoms with Gasteiger partial charge in [-0.1, -0.05) is 24.3 Å². The molecular formula is C17H18N2O2. The third kappa shape index (κ3) is 3.98. The Morgan fingerprint density at radius 3 is 2.62 bits per heavy atom. The summed E-state index contributed by atoms with van der Waals surface area (Å²) >= 11 is 0. The first-order valence-electron chi connectivity index (χ1n) is 6.65. The molecule has 0 radical (unpaired) electrons. The van der Waals surface area contributed by atoms with Crippen molar-refractivity contribution in [1.29, 1.82) is 5.26 Å². The molecular weight excluding hydrogens is 264 g/mol. The predicted octanol–water partition coefficient (Wildman–Crippen LogP) is 3.33. The number of methoxy groups -OCH3 is 2. The highest BCUT2D eigenvalue weighted by molar-refractivity contribution is 5.59. The molecule has 108 valence electrons. The van der Waals surface area contributed by atoms with Crippen LogP contribution >= 0.6 is 0 Å².